The number of carbonyl (C=O) groups excluding carboxylic acids is 1. The summed E-state index contributed by atoms with van der Waals surface area (Å²) in [5, 5.41) is 6.69. The van der Waals surface area contributed by atoms with E-state index in [0.717, 1.165) is 5.56 Å². The molecule has 2 aromatic heterocycles. The summed E-state index contributed by atoms with van der Waals surface area (Å²) in [6.45, 7) is -0.154. The summed E-state index contributed by atoms with van der Waals surface area (Å²) in [4.78, 5) is 29.5. The average molecular weight is 402 g/mol. The van der Waals surface area contributed by atoms with Gasteiger partial charge in [0.15, 0.2) is 0 Å². The molecule has 0 fully saturated rings. The Balaban J connectivity index is 1.52. The minimum absolute atomic E-state index is 0.101. The van der Waals surface area contributed by atoms with Crippen molar-refractivity contribution in [3.8, 4) is 28.6 Å². The van der Waals surface area contributed by atoms with Gasteiger partial charge in [0.05, 0.1) is 7.11 Å². The Morgan fingerprint density at radius 3 is 2.57 bits per heavy atom. The Morgan fingerprint density at radius 1 is 1.07 bits per heavy atom. The number of benzene rings is 2. The van der Waals surface area contributed by atoms with Crippen molar-refractivity contribution in [2.45, 2.75) is 6.54 Å². The topological polar surface area (TPSA) is 99.2 Å². The minimum atomic E-state index is -0.398. The number of aromatic nitrogens is 3. The van der Waals surface area contributed by atoms with E-state index < -0.39 is 5.56 Å². The number of hydrogen-bond donors (Lipinski definition) is 1. The second-order valence-electron chi connectivity index (χ2n) is 6.42. The van der Waals surface area contributed by atoms with E-state index in [1.165, 1.54) is 10.8 Å². The average Bonchev–Trinajstić information content (AvgIpc) is 3.26. The SMILES string of the molecule is COc1ccc(NC(=O)Cn2cccc(-c3nc(-c4ccccc4)no3)c2=O)cc1. The molecule has 4 rings (SSSR count). The van der Waals surface area contributed by atoms with Crippen molar-refractivity contribution in [3.63, 3.8) is 0 Å². The summed E-state index contributed by atoms with van der Waals surface area (Å²) in [7, 11) is 1.57. The minimum Gasteiger partial charge on any atom is -0.497 e. The monoisotopic (exact) mass is 402 g/mol. The lowest BCUT2D eigenvalue weighted by atomic mass is 10.2. The van der Waals surface area contributed by atoms with Crippen LogP contribution in [0.4, 0.5) is 5.69 Å². The summed E-state index contributed by atoms with van der Waals surface area (Å²) >= 11 is 0. The second kappa shape index (κ2) is 8.44. The third-order valence-electron chi connectivity index (χ3n) is 4.40. The van der Waals surface area contributed by atoms with E-state index in [-0.39, 0.29) is 23.9 Å². The van der Waals surface area contributed by atoms with Crippen molar-refractivity contribution in [2.75, 3.05) is 12.4 Å². The van der Waals surface area contributed by atoms with Crippen molar-refractivity contribution < 1.29 is 14.1 Å². The van der Waals surface area contributed by atoms with Gasteiger partial charge in [-0.2, -0.15) is 4.98 Å². The molecule has 4 aromatic rings. The first-order valence-electron chi connectivity index (χ1n) is 9.17. The largest absolute Gasteiger partial charge is 0.497 e. The van der Waals surface area contributed by atoms with E-state index in [1.54, 1.807) is 43.5 Å². The van der Waals surface area contributed by atoms with Crippen LogP contribution in [0.2, 0.25) is 0 Å². The van der Waals surface area contributed by atoms with Gasteiger partial charge in [-0.25, -0.2) is 0 Å². The van der Waals surface area contributed by atoms with E-state index in [4.69, 9.17) is 9.26 Å². The summed E-state index contributed by atoms with van der Waals surface area (Å²) < 4.78 is 11.7. The number of nitrogens with zero attached hydrogens (tertiary/aromatic N) is 3. The molecule has 0 saturated heterocycles. The molecule has 8 nitrogen and oxygen atoms in total. The highest BCUT2D eigenvalue weighted by molar-refractivity contribution is 5.90. The van der Waals surface area contributed by atoms with Gasteiger partial charge in [0, 0.05) is 17.4 Å². The van der Waals surface area contributed by atoms with Crippen LogP contribution >= 0.6 is 0 Å². The quantitative estimate of drug-likeness (QED) is 0.532. The van der Waals surface area contributed by atoms with Gasteiger partial charge in [0.1, 0.15) is 17.9 Å². The van der Waals surface area contributed by atoms with E-state index in [2.05, 4.69) is 15.5 Å². The number of hydrogen-bond acceptors (Lipinski definition) is 6. The molecule has 0 spiro atoms. The standard InChI is InChI=1S/C22H18N4O4/c1-29-17-11-9-16(10-12-17)23-19(27)14-26-13-5-8-18(22(26)28)21-24-20(25-30-21)15-6-3-2-4-7-15/h2-13H,14H2,1H3,(H,23,27). The maximum Gasteiger partial charge on any atom is 0.263 e. The molecule has 0 unspecified atom stereocenters. The third-order valence-corrected chi connectivity index (χ3v) is 4.40. The van der Waals surface area contributed by atoms with Crippen molar-refractivity contribution in [1.82, 2.24) is 14.7 Å². The third kappa shape index (κ3) is 4.12. The van der Waals surface area contributed by atoms with Crippen molar-refractivity contribution in [3.05, 3.63) is 83.3 Å². The van der Waals surface area contributed by atoms with Gasteiger partial charge >= 0.3 is 0 Å². The number of nitrogens with one attached hydrogen (secondary N) is 1. The number of rotatable bonds is 6. The van der Waals surface area contributed by atoms with Gasteiger partial charge in [-0.3, -0.25) is 9.59 Å². The smallest absolute Gasteiger partial charge is 0.263 e. The number of amides is 1. The fourth-order valence-corrected chi connectivity index (χ4v) is 2.89. The Morgan fingerprint density at radius 2 is 1.83 bits per heavy atom. The first-order chi connectivity index (χ1) is 14.6. The van der Waals surface area contributed by atoms with Crippen LogP contribution in [0.3, 0.4) is 0 Å². The van der Waals surface area contributed by atoms with Crippen LogP contribution < -0.4 is 15.6 Å². The lowest BCUT2D eigenvalue weighted by Crippen LogP contribution is -2.28. The van der Waals surface area contributed by atoms with Gasteiger partial charge in [0.2, 0.25) is 11.7 Å². The van der Waals surface area contributed by atoms with Crippen LogP contribution in [0.1, 0.15) is 0 Å². The van der Waals surface area contributed by atoms with E-state index in [0.29, 0.717) is 17.3 Å². The molecule has 0 saturated carbocycles. The van der Waals surface area contributed by atoms with Crippen molar-refractivity contribution in [2.24, 2.45) is 0 Å². The number of anilines is 1. The molecule has 8 heteroatoms. The summed E-state index contributed by atoms with van der Waals surface area (Å²) in [5.41, 5.74) is 1.21. The summed E-state index contributed by atoms with van der Waals surface area (Å²) in [5.74, 6) is 0.836. The molecule has 0 bridgehead atoms. The zero-order valence-corrected chi connectivity index (χ0v) is 16.1. The maximum atomic E-state index is 12.8. The number of methoxy groups -OCH3 is 1. The molecular weight excluding hydrogens is 384 g/mol. The molecule has 0 aliphatic rings. The Bertz CT molecular complexity index is 1210. The fourth-order valence-electron chi connectivity index (χ4n) is 2.89. The predicted octanol–water partition coefficient (Wildman–Crippen LogP) is 3.21. The van der Waals surface area contributed by atoms with Crippen molar-refractivity contribution >= 4 is 11.6 Å². The summed E-state index contributed by atoms with van der Waals surface area (Å²) in [6.07, 6.45) is 1.54. The molecule has 2 heterocycles. The highest BCUT2D eigenvalue weighted by Gasteiger charge is 2.16. The van der Waals surface area contributed by atoms with Gasteiger partial charge in [-0.15, -0.1) is 0 Å². The van der Waals surface area contributed by atoms with Gasteiger partial charge in [0.25, 0.3) is 11.4 Å². The van der Waals surface area contributed by atoms with E-state index >= 15 is 0 Å². The summed E-state index contributed by atoms with van der Waals surface area (Å²) in [6, 6.07) is 19.5. The molecule has 0 atom stereocenters. The Kier molecular flexibility index (Phi) is 5.38. The van der Waals surface area contributed by atoms with Gasteiger partial charge in [-0.05, 0) is 36.4 Å². The number of carbonyl (C=O) groups is 1. The zero-order valence-electron chi connectivity index (χ0n) is 16.1. The van der Waals surface area contributed by atoms with E-state index in [9.17, 15) is 9.59 Å². The van der Waals surface area contributed by atoms with Crippen LogP contribution in [-0.2, 0) is 11.3 Å². The number of ether oxygens (including phenoxy) is 1. The first-order valence-corrected chi connectivity index (χ1v) is 9.17. The molecule has 0 radical (unpaired) electrons. The molecule has 30 heavy (non-hydrogen) atoms. The van der Waals surface area contributed by atoms with E-state index in [1.807, 2.05) is 30.3 Å². The first kappa shape index (κ1) is 19.1. The Labute approximate surface area is 171 Å². The molecule has 0 aliphatic heterocycles. The lowest BCUT2D eigenvalue weighted by Gasteiger charge is -2.08. The van der Waals surface area contributed by atoms with Crippen LogP contribution in [0.5, 0.6) is 5.75 Å². The van der Waals surface area contributed by atoms with Gasteiger partial charge < -0.3 is 19.1 Å². The molecule has 2 aromatic carbocycles. The van der Waals surface area contributed by atoms with Crippen LogP contribution in [0.15, 0.2) is 82.2 Å². The normalized spacial score (nSPS) is 10.6. The fraction of sp³-hybridized carbons (Fsp3) is 0.0909. The molecule has 0 aliphatic carbocycles. The molecule has 150 valence electrons. The van der Waals surface area contributed by atoms with Crippen LogP contribution in [0.25, 0.3) is 22.8 Å². The zero-order chi connectivity index (χ0) is 20.9. The lowest BCUT2D eigenvalue weighted by molar-refractivity contribution is -0.116. The highest BCUT2D eigenvalue weighted by atomic mass is 16.5. The van der Waals surface area contributed by atoms with Crippen LogP contribution in [0, 0.1) is 0 Å². The Hall–Kier alpha value is -4.20. The van der Waals surface area contributed by atoms with Gasteiger partial charge in [-0.1, -0.05) is 35.5 Å². The highest BCUT2D eigenvalue weighted by Crippen LogP contribution is 2.20. The predicted molar refractivity (Wildman–Crippen MR) is 111 cm³/mol. The van der Waals surface area contributed by atoms with Crippen molar-refractivity contribution in [1.29, 1.82) is 0 Å². The molecule has 1 amide bonds. The molecular formula is C22H18N4O4. The van der Waals surface area contributed by atoms with Crippen LogP contribution in [-0.4, -0.2) is 27.7 Å². The second-order valence-corrected chi connectivity index (χ2v) is 6.42. The molecule has 1 N–H and O–H groups in total. The maximum absolute atomic E-state index is 12.8. The number of pyridine rings is 1.